The molecule has 2 amide bonds. The van der Waals surface area contributed by atoms with E-state index in [2.05, 4.69) is 32.9 Å². The standard InChI is InChI=1S/C21H23N5O10S3/c1-3-5-16(22)19(17(4-2)24-21(23)27)26-25-18-9-6-13-12-14(7-8-15(13)20(18)38(30,31)32)37(28,29)11-10-36-39(33,34)35/h3-9,12,25H,1-2,10-11,22H2,(H2,23,27)(H,30,31,32)(H,33,34,35)/b16-5+,24-17?,26-19?. The third-order valence-electron chi connectivity index (χ3n) is 4.67. The van der Waals surface area contributed by atoms with Crippen molar-refractivity contribution in [3.63, 3.8) is 0 Å². The van der Waals surface area contributed by atoms with Crippen LogP contribution >= 0.6 is 0 Å². The maximum Gasteiger partial charge on any atom is 0.397 e. The predicted molar refractivity (Wildman–Crippen MR) is 144 cm³/mol. The second kappa shape index (κ2) is 12.3. The molecule has 2 aromatic rings. The van der Waals surface area contributed by atoms with E-state index >= 15 is 0 Å². The van der Waals surface area contributed by atoms with Crippen molar-refractivity contribution in [1.82, 2.24) is 0 Å². The number of hydrogen-bond acceptors (Lipinski definition) is 11. The normalized spacial score (nSPS) is 13.7. The van der Waals surface area contributed by atoms with Gasteiger partial charge in [-0.05, 0) is 35.7 Å². The summed E-state index contributed by atoms with van der Waals surface area (Å²) in [6, 6.07) is 4.59. The number of nitrogens with zero attached hydrogens (tertiary/aromatic N) is 2. The van der Waals surface area contributed by atoms with Crippen LogP contribution in [0, 0.1) is 0 Å². The van der Waals surface area contributed by atoms with Crippen LogP contribution in [0.3, 0.4) is 0 Å². The summed E-state index contributed by atoms with van der Waals surface area (Å²) in [6.07, 6.45) is 3.71. The molecule has 0 unspecified atom stereocenters. The molecule has 0 saturated heterocycles. The number of allylic oxidation sites excluding steroid dienone is 4. The molecule has 0 spiro atoms. The Balaban J connectivity index is 2.65. The number of nitrogens with two attached hydrogens (primary N) is 2. The van der Waals surface area contributed by atoms with Gasteiger partial charge in [0.1, 0.15) is 10.6 Å². The Hall–Kier alpha value is -3.94. The van der Waals surface area contributed by atoms with Gasteiger partial charge in [-0.3, -0.25) is 14.5 Å². The van der Waals surface area contributed by atoms with E-state index < -0.39 is 53.6 Å². The van der Waals surface area contributed by atoms with E-state index in [1.807, 2.05) is 0 Å². The maximum atomic E-state index is 12.5. The number of hydrogen-bond donors (Lipinski definition) is 5. The molecule has 7 N–H and O–H groups in total. The molecule has 18 heteroatoms. The Morgan fingerprint density at radius 1 is 1.05 bits per heavy atom. The first-order valence-electron chi connectivity index (χ1n) is 10.3. The predicted octanol–water partition coefficient (Wildman–Crippen LogP) is 1.18. The molecule has 0 aliphatic carbocycles. The van der Waals surface area contributed by atoms with Gasteiger partial charge in [0.25, 0.3) is 10.1 Å². The quantitative estimate of drug-likeness (QED) is 0.0994. The average molecular weight is 602 g/mol. The number of carbonyl (C=O) groups excluding carboxylic acids is 1. The number of fused-ring (bicyclic) bond motifs is 1. The lowest BCUT2D eigenvalue weighted by Crippen LogP contribution is -2.24. The first kappa shape index (κ1) is 31.3. The van der Waals surface area contributed by atoms with Gasteiger partial charge in [-0.1, -0.05) is 31.4 Å². The molecule has 0 bridgehead atoms. The number of aliphatic imine (C=N–C) groups is 1. The van der Waals surface area contributed by atoms with Gasteiger partial charge >= 0.3 is 16.4 Å². The van der Waals surface area contributed by atoms with E-state index in [1.54, 1.807) is 0 Å². The fourth-order valence-corrected chi connectivity index (χ4v) is 5.49. The van der Waals surface area contributed by atoms with Crippen molar-refractivity contribution in [2.75, 3.05) is 17.8 Å². The van der Waals surface area contributed by atoms with Gasteiger partial charge < -0.3 is 11.5 Å². The van der Waals surface area contributed by atoms with Crippen molar-refractivity contribution in [2.24, 2.45) is 21.6 Å². The van der Waals surface area contributed by atoms with Crippen LogP contribution in [-0.2, 0) is 34.5 Å². The lowest BCUT2D eigenvalue weighted by Gasteiger charge is -2.13. The second-order valence-electron chi connectivity index (χ2n) is 7.34. The molecule has 0 saturated carbocycles. The van der Waals surface area contributed by atoms with E-state index in [1.165, 1.54) is 18.2 Å². The van der Waals surface area contributed by atoms with Gasteiger partial charge in [-0.15, -0.1) is 0 Å². The maximum absolute atomic E-state index is 12.5. The Morgan fingerprint density at radius 2 is 1.72 bits per heavy atom. The molecule has 0 aliphatic heterocycles. The Morgan fingerprint density at radius 3 is 2.26 bits per heavy atom. The van der Waals surface area contributed by atoms with Crippen LogP contribution in [0.15, 0.2) is 87.3 Å². The van der Waals surface area contributed by atoms with Crippen LogP contribution in [0.5, 0.6) is 0 Å². The topological polar surface area (TPSA) is 258 Å². The van der Waals surface area contributed by atoms with Crippen molar-refractivity contribution in [1.29, 1.82) is 0 Å². The number of sulfone groups is 1. The summed E-state index contributed by atoms with van der Waals surface area (Å²) < 4.78 is 93.6. The minimum Gasteiger partial charge on any atom is -0.397 e. The summed E-state index contributed by atoms with van der Waals surface area (Å²) in [7, 11) is -13.9. The summed E-state index contributed by atoms with van der Waals surface area (Å²) in [5.41, 5.74) is 12.8. The Labute approximate surface area is 223 Å². The number of hydrazone groups is 1. The highest BCUT2D eigenvalue weighted by molar-refractivity contribution is 7.91. The largest absolute Gasteiger partial charge is 0.397 e. The molecule has 0 atom stereocenters. The zero-order chi connectivity index (χ0) is 29.6. The monoisotopic (exact) mass is 601 g/mol. The molecular formula is C21H23N5O10S3. The first-order chi connectivity index (χ1) is 18.0. The first-order valence-corrected chi connectivity index (χ1v) is 14.8. The Kier molecular flexibility index (Phi) is 9.85. The number of anilines is 1. The van der Waals surface area contributed by atoms with E-state index in [4.69, 9.17) is 16.0 Å². The van der Waals surface area contributed by atoms with Crippen molar-refractivity contribution in [3.8, 4) is 0 Å². The van der Waals surface area contributed by atoms with Crippen molar-refractivity contribution in [3.05, 3.63) is 67.4 Å². The van der Waals surface area contributed by atoms with Crippen LogP contribution in [0.25, 0.3) is 10.8 Å². The van der Waals surface area contributed by atoms with Crippen LogP contribution in [-0.4, -0.2) is 64.2 Å². The van der Waals surface area contributed by atoms with E-state index in [9.17, 15) is 34.6 Å². The fourth-order valence-electron chi connectivity index (χ4n) is 3.11. The van der Waals surface area contributed by atoms with Gasteiger partial charge in [0.05, 0.1) is 34.4 Å². The molecule has 210 valence electrons. The third kappa shape index (κ3) is 8.53. The molecule has 0 radical (unpaired) electrons. The van der Waals surface area contributed by atoms with Gasteiger partial charge in [0.15, 0.2) is 9.84 Å². The molecular weight excluding hydrogens is 578 g/mol. The zero-order valence-electron chi connectivity index (χ0n) is 19.9. The highest BCUT2D eigenvalue weighted by Gasteiger charge is 2.23. The van der Waals surface area contributed by atoms with Gasteiger partial charge in [-0.25, -0.2) is 17.4 Å². The molecule has 0 aromatic heterocycles. The van der Waals surface area contributed by atoms with E-state index in [0.29, 0.717) is 0 Å². The number of nitrogens with one attached hydrogen (secondary N) is 1. The number of rotatable bonds is 12. The molecule has 2 rings (SSSR count). The number of urea groups is 1. The number of primary amides is 1. The van der Waals surface area contributed by atoms with E-state index in [-0.39, 0.29) is 38.5 Å². The van der Waals surface area contributed by atoms with Crippen molar-refractivity contribution < 1.29 is 43.3 Å². The second-order valence-corrected chi connectivity index (χ2v) is 11.9. The molecule has 15 nitrogen and oxygen atoms in total. The fraction of sp³-hybridized carbons (Fsp3) is 0.0952. The number of benzene rings is 2. The Bertz CT molecular complexity index is 1740. The van der Waals surface area contributed by atoms with E-state index in [0.717, 1.165) is 30.3 Å². The van der Waals surface area contributed by atoms with Crippen LogP contribution in [0.1, 0.15) is 0 Å². The molecule has 39 heavy (non-hydrogen) atoms. The summed E-state index contributed by atoms with van der Waals surface area (Å²) in [5, 5.41) is 3.93. The smallest absolute Gasteiger partial charge is 0.397 e. The number of carbonyl (C=O) groups is 1. The van der Waals surface area contributed by atoms with Gasteiger partial charge in [0.2, 0.25) is 0 Å². The zero-order valence-corrected chi connectivity index (χ0v) is 22.3. The van der Waals surface area contributed by atoms with Crippen molar-refractivity contribution in [2.45, 2.75) is 9.79 Å². The summed E-state index contributed by atoms with van der Waals surface area (Å²) >= 11 is 0. The highest BCUT2D eigenvalue weighted by Crippen LogP contribution is 2.32. The third-order valence-corrected chi connectivity index (χ3v) is 7.77. The highest BCUT2D eigenvalue weighted by atomic mass is 32.3. The summed E-state index contributed by atoms with van der Waals surface area (Å²) in [6.45, 7) is 6.12. The molecule has 0 aliphatic rings. The molecule has 0 fully saturated rings. The van der Waals surface area contributed by atoms with Crippen LogP contribution in [0.4, 0.5) is 10.5 Å². The minimum absolute atomic E-state index is 0.0577. The summed E-state index contributed by atoms with van der Waals surface area (Å²) in [5.74, 6) is -0.821. The average Bonchev–Trinajstić information content (AvgIpc) is 2.80. The van der Waals surface area contributed by atoms with Gasteiger partial charge in [-0.2, -0.15) is 26.9 Å². The lowest BCUT2D eigenvalue weighted by molar-refractivity contribution is 0.256. The minimum atomic E-state index is -4.94. The van der Waals surface area contributed by atoms with Gasteiger partial charge in [0, 0.05) is 5.39 Å². The molecule has 0 heterocycles. The molecule has 2 aromatic carbocycles. The number of amides is 2. The summed E-state index contributed by atoms with van der Waals surface area (Å²) in [4.78, 5) is 13.8. The SMILES string of the molecule is C=C/C=C(/N)C(=NNc1ccc2cc(S(=O)(=O)CCOS(=O)(=O)O)ccc2c1S(=O)(=O)O)C(C=C)=NC(N)=O. The lowest BCUT2D eigenvalue weighted by atomic mass is 10.1. The van der Waals surface area contributed by atoms with Crippen molar-refractivity contribution >= 4 is 64.3 Å². The van der Waals surface area contributed by atoms with Crippen LogP contribution in [0.2, 0.25) is 0 Å². The van der Waals surface area contributed by atoms with Crippen LogP contribution < -0.4 is 16.9 Å².